The highest BCUT2D eigenvalue weighted by molar-refractivity contribution is 6.08. The topological polar surface area (TPSA) is 59.5 Å². The maximum atomic E-state index is 13.0. The van der Waals surface area contributed by atoms with Gasteiger partial charge in [-0.3, -0.25) is 4.79 Å². The normalized spacial score (nSPS) is 20.2. The highest BCUT2D eigenvalue weighted by Gasteiger charge is 2.34. The van der Waals surface area contributed by atoms with Gasteiger partial charge < -0.3 is 15.1 Å². The number of aryl methyl sites for hydroxylation is 1. The molecule has 2 N–H and O–H groups in total. The van der Waals surface area contributed by atoms with E-state index in [1.807, 2.05) is 36.1 Å². The van der Waals surface area contributed by atoms with E-state index in [0.29, 0.717) is 24.8 Å². The first-order chi connectivity index (χ1) is 11.6. The average molecular weight is 359 g/mol. The van der Waals surface area contributed by atoms with Crippen LogP contribution in [0.5, 0.6) is 0 Å². The van der Waals surface area contributed by atoms with Crippen LogP contribution in [0.1, 0.15) is 29.5 Å². The molecule has 1 aliphatic rings. The average Bonchev–Trinajstić information content (AvgIpc) is 3.15. The minimum atomic E-state index is -0.0174. The lowest BCUT2D eigenvalue weighted by Gasteiger charge is -2.20. The number of carbonyl (C=O) groups is 1. The summed E-state index contributed by atoms with van der Waals surface area (Å²) >= 11 is 0. The van der Waals surface area contributed by atoms with E-state index < -0.39 is 0 Å². The fraction of sp³-hybridized carbons (Fsp3) is 0.350. The summed E-state index contributed by atoms with van der Waals surface area (Å²) in [7, 11) is 0. The van der Waals surface area contributed by atoms with E-state index in [9.17, 15) is 4.79 Å². The zero-order valence-corrected chi connectivity index (χ0v) is 15.3. The quantitative estimate of drug-likeness (QED) is 0.749. The second-order valence-electron chi connectivity index (χ2n) is 6.86. The second kappa shape index (κ2) is 6.70. The number of benzene rings is 2. The summed E-state index contributed by atoms with van der Waals surface area (Å²) in [5.74, 6) is 0.830. The van der Waals surface area contributed by atoms with Crippen LogP contribution in [0.2, 0.25) is 0 Å². The summed E-state index contributed by atoms with van der Waals surface area (Å²) in [5.41, 5.74) is 7.51. The molecule has 3 aromatic rings. The summed E-state index contributed by atoms with van der Waals surface area (Å²) in [6.45, 7) is 5.39. The van der Waals surface area contributed by atoms with Crippen LogP contribution in [-0.4, -0.2) is 29.9 Å². The number of furan rings is 1. The van der Waals surface area contributed by atoms with Gasteiger partial charge in [-0.25, -0.2) is 0 Å². The molecule has 4 nitrogen and oxygen atoms in total. The van der Waals surface area contributed by atoms with Gasteiger partial charge in [0.2, 0.25) is 0 Å². The van der Waals surface area contributed by atoms with Crippen LogP contribution in [0.3, 0.4) is 0 Å². The van der Waals surface area contributed by atoms with E-state index in [2.05, 4.69) is 19.1 Å². The largest absolute Gasteiger partial charge is 0.450 e. The van der Waals surface area contributed by atoms with Crippen molar-refractivity contribution < 1.29 is 9.21 Å². The van der Waals surface area contributed by atoms with Crippen molar-refractivity contribution in [3.8, 4) is 0 Å². The van der Waals surface area contributed by atoms with E-state index in [4.69, 9.17) is 10.2 Å². The van der Waals surface area contributed by atoms with E-state index in [1.54, 1.807) is 0 Å². The van der Waals surface area contributed by atoms with Crippen LogP contribution in [0.15, 0.2) is 40.8 Å². The Balaban J connectivity index is 0.00000182. The zero-order chi connectivity index (χ0) is 16.8. The number of hydrogen-bond acceptors (Lipinski definition) is 3. The number of nitrogens with zero attached hydrogens (tertiary/aromatic N) is 1. The number of halogens is 1. The molecule has 1 saturated heterocycles. The number of carbonyl (C=O) groups excluding carboxylic acids is 1. The van der Waals surface area contributed by atoms with Gasteiger partial charge >= 0.3 is 0 Å². The van der Waals surface area contributed by atoms with Gasteiger partial charge in [-0.2, -0.15) is 0 Å². The Kier molecular flexibility index (Phi) is 4.76. The number of nitrogens with two attached hydrogens (primary N) is 1. The Morgan fingerprint density at radius 3 is 2.72 bits per heavy atom. The van der Waals surface area contributed by atoms with Gasteiger partial charge in [0.15, 0.2) is 5.76 Å². The molecule has 4 rings (SSSR count). The van der Waals surface area contributed by atoms with E-state index in [-0.39, 0.29) is 24.4 Å². The van der Waals surface area contributed by atoms with Crippen LogP contribution in [0, 0.1) is 12.8 Å². The Morgan fingerprint density at radius 2 is 2.00 bits per heavy atom. The van der Waals surface area contributed by atoms with Gasteiger partial charge in [0, 0.05) is 28.9 Å². The predicted octanol–water partition coefficient (Wildman–Crippen LogP) is 4.13. The Morgan fingerprint density at radius 1 is 1.24 bits per heavy atom. The number of likely N-dealkylation sites (tertiary alicyclic amines) is 1. The molecule has 2 atom stereocenters. The van der Waals surface area contributed by atoms with Gasteiger partial charge in [-0.1, -0.05) is 36.4 Å². The lowest BCUT2D eigenvalue weighted by atomic mass is 10.1. The fourth-order valence-corrected chi connectivity index (χ4v) is 3.88. The van der Waals surface area contributed by atoms with Crippen molar-refractivity contribution in [3.05, 3.63) is 47.7 Å². The summed E-state index contributed by atoms with van der Waals surface area (Å²) in [5, 5.41) is 3.18. The maximum Gasteiger partial charge on any atom is 0.290 e. The highest BCUT2D eigenvalue weighted by Crippen LogP contribution is 2.33. The van der Waals surface area contributed by atoms with Gasteiger partial charge in [-0.05, 0) is 38.1 Å². The van der Waals surface area contributed by atoms with E-state index >= 15 is 0 Å². The molecular formula is C20H23ClN2O2. The van der Waals surface area contributed by atoms with Crippen molar-refractivity contribution in [1.82, 2.24) is 4.90 Å². The molecule has 1 aromatic heterocycles. The van der Waals surface area contributed by atoms with Crippen molar-refractivity contribution in [2.24, 2.45) is 11.7 Å². The first-order valence-electron chi connectivity index (χ1n) is 8.52. The van der Waals surface area contributed by atoms with Crippen molar-refractivity contribution >= 4 is 40.1 Å². The number of amides is 1. The third-order valence-corrected chi connectivity index (χ3v) is 5.28. The molecule has 0 bridgehead atoms. The third-order valence-electron chi connectivity index (χ3n) is 5.28. The van der Waals surface area contributed by atoms with Crippen molar-refractivity contribution in [3.63, 3.8) is 0 Å². The zero-order valence-electron chi connectivity index (χ0n) is 14.5. The Bertz CT molecular complexity index is 934. The number of rotatable bonds is 2. The van der Waals surface area contributed by atoms with Crippen molar-refractivity contribution in [1.29, 1.82) is 0 Å². The molecule has 2 aromatic carbocycles. The minimum absolute atomic E-state index is 0. The first-order valence-corrected chi connectivity index (χ1v) is 8.52. The molecule has 5 heteroatoms. The summed E-state index contributed by atoms with van der Waals surface area (Å²) in [6, 6.07) is 12.4. The van der Waals surface area contributed by atoms with Gasteiger partial charge in [-0.15, -0.1) is 12.4 Å². The van der Waals surface area contributed by atoms with Crippen LogP contribution < -0.4 is 5.73 Å². The predicted molar refractivity (Wildman–Crippen MR) is 103 cm³/mol. The van der Waals surface area contributed by atoms with Crippen LogP contribution in [-0.2, 0) is 0 Å². The molecule has 1 fully saturated rings. The molecular weight excluding hydrogens is 336 g/mol. The fourth-order valence-electron chi connectivity index (χ4n) is 3.88. The third kappa shape index (κ3) is 2.79. The van der Waals surface area contributed by atoms with Gasteiger partial charge in [0.1, 0.15) is 5.58 Å². The molecule has 1 aliphatic heterocycles. The van der Waals surface area contributed by atoms with Gasteiger partial charge in [0.25, 0.3) is 5.91 Å². The molecule has 2 heterocycles. The minimum Gasteiger partial charge on any atom is -0.450 e. The summed E-state index contributed by atoms with van der Waals surface area (Å²) in [6.07, 6.45) is 0.963. The first kappa shape index (κ1) is 17.8. The molecule has 0 spiro atoms. The van der Waals surface area contributed by atoms with Crippen molar-refractivity contribution in [2.75, 3.05) is 13.1 Å². The van der Waals surface area contributed by atoms with Crippen molar-refractivity contribution in [2.45, 2.75) is 26.3 Å². The molecule has 0 saturated carbocycles. The summed E-state index contributed by atoms with van der Waals surface area (Å²) < 4.78 is 6.08. The number of fused-ring (bicyclic) bond motifs is 3. The molecule has 132 valence electrons. The van der Waals surface area contributed by atoms with Gasteiger partial charge in [0.05, 0.1) is 0 Å². The highest BCUT2D eigenvalue weighted by atomic mass is 35.5. The lowest BCUT2D eigenvalue weighted by molar-refractivity contribution is 0.0712. The van der Waals surface area contributed by atoms with E-state index in [1.165, 1.54) is 0 Å². The number of hydrogen-bond donors (Lipinski definition) is 1. The van der Waals surface area contributed by atoms with E-state index in [0.717, 1.165) is 33.7 Å². The molecule has 0 aliphatic carbocycles. The van der Waals surface area contributed by atoms with Crippen LogP contribution in [0.4, 0.5) is 0 Å². The van der Waals surface area contributed by atoms with Crippen LogP contribution >= 0.6 is 12.4 Å². The molecule has 1 amide bonds. The Hall–Kier alpha value is -2.04. The molecule has 0 radical (unpaired) electrons. The smallest absolute Gasteiger partial charge is 0.290 e. The van der Waals surface area contributed by atoms with Crippen LogP contribution in [0.25, 0.3) is 21.7 Å². The monoisotopic (exact) mass is 358 g/mol. The standard InChI is InChI=1S/C20H22N2O2.ClH/c1-12-9-14(10-21)11-22(12)20(23)18-13(2)16-8-7-15-5-3-4-6-17(15)19(16)24-18;/h3-8,12,14H,9-11,21H2,1-2H3;1H. The maximum absolute atomic E-state index is 13.0. The SMILES string of the molecule is Cc1c(C(=O)N2CC(CN)CC2C)oc2c1ccc1ccccc12.Cl. The molecule has 25 heavy (non-hydrogen) atoms. The summed E-state index contributed by atoms with van der Waals surface area (Å²) in [4.78, 5) is 14.9. The lowest BCUT2D eigenvalue weighted by Crippen LogP contribution is -2.34. The second-order valence-corrected chi connectivity index (χ2v) is 6.86. The molecule has 2 unspecified atom stereocenters. The Labute approximate surface area is 153 Å².